The van der Waals surface area contributed by atoms with Gasteiger partial charge in [0.05, 0.1) is 0 Å². The van der Waals surface area contributed by atoms with Crippen LogP contribution in [0, 0.1) is 5.92 Å². The van der Waals surface area contributed by atoms with Gasteiger partial charge >= 0.3 is 0 Å². The van der Waals surface area contributed by atoms with E-state index < -0.39 is 0 Å². The van der Waals surface area contributed by atoms with E-state index in [4.69, 9.17) is 0 Å². The molecule has 1 unspecified atom stereocenters. The van der Waals surface area contributed by atoms with E-state index in [1.165, 1.54) is 35.9 Å². The van der Waals surface area contributed by atoms with Crippen LogP contribution in [0.5, 0.6) is 0 Å². The number of rotatable bonds is 7. The fourth-order valence-electron chi connectivity index (χ4n) is 3.14. The predicted molar refractivity (Wildman–Crippen MR) is 92.9 cm³/mol. The number of benzene rings is 1. The van der Waals surface area contributed by atoms with Crippen LogP contribution in [0.25, 0.3) is 10.9 Å². The Hall–Kier alpha value is -2.09. The molecular formula is C20H24N2. The lowest BCUT2D eigenvalue weighted by Crippen LogP contribution is -2.13. The molecule has 0 bridgehead atoms. The fraction of sp³-hybridized carbons (Fsp3) is 0.350. The Morgan fingerprint density at radius 1 is 1.05 bits per heavy atom. The number of pyridine rings is 1. The van der Waals surface area contributed by atoms with Crippen molar-refractivity contribution in [3.05, 3.63) is 66.6 Å². The largest absolute Gasteiger partial charge is 0.347 e. The lowest BCUT2D eigenvalue weighted by atomic mass is 9.96. The molecule has 0 saturated heterocycles. The van der Waals surface area contributed by atoms with Crippen LogP contribution in [0.4, 0.5) is 0 Å². The van der Waals surface area contributed by atoms with Crippen LogP contribution >= 0.6 is 0 Å². The monoisotopic (exact) mass is 292 g/mol. The molecule has 3 aromatic rings. The van der Waals surface area contributed by atoms with Crippen molar-refractivity contribution in [2.45, 2.75) is 39.2 Å². The summed E-state index contributed by atoms with van der Waals surface area (Å²) in [5.41, 5.74) is 2.55. The van der Waals surface area contributed by atoms with E-state index in [1.807, 2.05) is 12.3 Å². The number of para-hydroxylation sites is 1. The molecule has 0 fully saturated rings. The third-order valence-corrected chi connectivity index (χ3v) is 4.33. The molecule has 3 rings (SSSR count). The summed E-state index contributed by atoms with van der Waals surface area (Å²) in [7, 11) is 0. The van der Waals surface area contributed by atoms with Crippen LogP contribution in [0.15, 0.2) is 60.9 Å². The van der Waals surface area contributed by atoms with E-state index in [-0.39, 0.29) is 0 Å². The molecule has 1 aromatic carbocycles. The Morgan fingerprint density at radius 3 is 2.73 bits per heavy atom. The summed E-state index contributed by atoms with van der Waals surface area (Å²) in [5.74, 6) is 0.644. The molecule has 2 heterocycles. The first-order valence-electron chi connectivity index (χ1n) is 8.30. The van der Waals surface area contributed by atoms with Crippen LogP contribution in [-0.2, 0) is 13.0 Å². The Balaban J connectivity index is 1.77. The summed E-state index contributed by atoms with van der Waals surface area (Å²) in [6.45, 7) is 3.34. The zero-order valence-electron chi connectivity index (χ0n) is 13.3. The Kier molecular flexibility index (Phi) is 4.89. The van der Waals surface area contributed by atoms with Gasteiger partial charge in [-0.25, -0.2) is 0 Å². The van der Waals surface area contributed by atoms with Crippen LogP contribution < -0.4 is 0 Å². The number of hydrogen-bond donors (Lipinski definition) is 0. The van der Waals surface area contributed by atoms with Gasteiger partial charge in [-0.05, 0) is 48.4 Å². The highest BCUT2D eigenvalue weighted by atomic mass is 15.0. The number of unbranched alkanes of at least 4 members (excludes halogenated alkanes) is 1. The Bertz CT molecular complexity index is 700. The lowest BCUT2D eigenvalue weighted by Gasteiger charge is -2.18. The van der Waals surface area contributed by atoms with Crippen molar-refractivity contribution >= 4 is 10.9 Å². The van der Waals surface area contributed by atoms with Gasteiger partial charge in [0.15, 0.2) is 0 Å². The van der Waals surface area contributed by atoms with Gasteiger partial charge < -0.3 is 4.57 Å². The molecule has 0 N–H and O–H groups in total. The molecule has 22 heavy (non-hydrogen) atoms. The third-order valence-electron chi connectivity index (χ3n) is 4.33. The van der Waals surface area contributed by atoms with Crippen molar-refractivity contribution in [3.63, 3.8) is 0 Å². The number of hydrogen-bond acceptors (Lipinski definition) is 1. The first kappa shape index (κ1) is 14.8. The number of aromatic nitrogens is 2. The second-order valence-electron chi connectivity index (χ2n) is 6.06. The molecule has 0 aliphatic heterocycles. The maximum Gasteiger partial charge on any atom is 0.0480 e. The fourth-order valence-corrected chi connectivity index (χ4v) is 3.14. The molecule has 114 valence electrons. The second-order valence-corrected chi connectivity index (χ2v) is 6.06. The summed E-state index contributed by atoms with van der Waals surface area (Å²) in [6.07, 6.45) is 8.99. The normalized spacial score (nSPS) is 12.6. The van der Waals surface area contributed by atoms with Crippen molar-refractivity contribution in [1.29, 1.82) is 0 Å². The van der Waals surface area contributed by atoms with Gasteiger partial charge in [-0.1, -0.05) is 44.0 Å². The van der Waals surface area contributed by atoms with Gasteiger partial charge in [0.1, 0.15) is 0 Å². The summed E-state index contributed by atoms with van der Waals surface area (Å²) >= 11 is 0. The molecule has 2 heteroatoms. The molecule has 0 saturated carbocycles. The molecule has 0 spiro atoms. The molecule has 1 atom stereocenters. The van der Waals surface area contributed by atoms with Crippen LogP contribution in [-0.4, -0.2) is 9.55 Å². The minimum Gasteiger partial charge on any atom is -0.347 e. The molecule has 2 nitrogen and oxygen atoms in total. The highest BCUT2D eigenvalue weighted by Gasteiger charge is 2.12. The zero-order chi connectivity index (χ0) is 15.2. The summed E-state index contributed by atoms with van der Waals surface area (Å²) < 4.78 is 2.40. The van der Waals surface area contributed by atoms with Gasteiger partial charge in [-0.3, -0.25) is 4.98 Å². The second kappa shape index (κ2) is 7.26. The van der Waals surface area contributed by atoms with Gasteiger partial charge in [0.2, 0.25) is 0 Å². The van der Waals surface area contributed by atoms with E-state index in [9.17, 15) is 0 Å². The highest BCUT2D eigenvalue weighted by molar-refractivity contribution is 5.79. The average Bonchev–Trinajstić information content (AvgIpc) is 2.97. The van der Waals surface area contributed by atoms with E-state index in [0.29, 0.717) is 5.92 Å². The van der Waals surface area contributed by atoms with Gasteiger partial charge in [0, 0.05) is 30.1 Å². The minimum atomic E-state index is 0.644. The smallest absolute Gasteiger partial charge is 0.0480 e. The van der Waals surface area contributed by atoms with Gasteiger partial charge in [-0.15, -0.1) is 0 Å². The van der Waals surface area contributed by atoms with Crippen molar-refractivity contribution < 1.29 is 0 Å². The predicted octanol–water partition coefficient (Wildman–Crippen LogP) is 5.09. The summed E-state index contributed by atoms with van der Waals surface area (Å²) in [5, 5.41) is 1.33. The van der Waals surface area contributed by atoms with Crippen molar-refractivity contribution in [1.82, 2.24) is 9.55 Å². The lowest BCUT2D eigenvalue weighted by molar-refractivity contribution is 0.402. The maximum absolute atomic E-state index is 4.51. The summed E-state index contributed by atoms with van der Waals surface area (Å²) in [4.78, 5) is 4.51. The molecule has 2 aromatic heterocycles. The molecular weight excluding hydrogens is 268 g/mol. The highest BCUT2D eigenvalue weighted by Crippen LogP contribution is 2.21. The molecule has 0 radical (unpaired) electrons. The third kappa shape index (κ3) is 3.56. The van der Waals surface area contributed by atoms with Gasteiger partial charge in [0.25, 0.3) is 0 Å². The number of nitrogens with zero attached hydrogens (tertiary/aromatic N) is 2. The minimum absolute atomic E-state index is 0.644. The average molecular weight is 292 g/mol. The maximum atomic E-state index is 4.51. The molecule has 0 aliphatic carbocycles. The standard InChI is InChI=1S/C20H24N2/c1-2-3-8-17(15-19-10-6-7-13-21-19)16-22-14-12-18-9-4-5-11-20(18)22/h4-7,9-14,17H,2-3,8,15-16H2,1H3. The number of fused-ring (bicyclic) bond motifs is 1. The zero-order valence-corrected chi connectivity index (χ0v) is 13.3. The van der Waals surface area contributed by atoms with Gasteiger partial charge in [-0.2, -0.15) is 0 Å². The molecule has 0 aliphatic rings. The Morgan fingerprint density at radius 2 is 1.91 bits per heavy atom. The van der Waals surface area contributed by atoms with Crippen LogP contribution in [0.1, 0.15) is 31.9 Å². The van der Waals surface area contributed by atoms with Crippen molar-refractivity contribution in [2.24, 2.45) is 5.92 Å². The van der Waals surface area contributed by atoms with Crippen molar-refractivity contribution in [3.8, 4) is 0 Å². The van der Waals surface area contributed by atoms with E-state index in [0.717, 1.165) is 13.0 Å². The Labute approximate surface area is 132 Å². The van der Waals surface area contributed by atoms with Crippen LogP contribution in [0.2, 0.25) is 0 Å². The van der Waals surface area contributed by atoms with E-state index in [2.05, 4.69) is 65.1 Å². The van der Waals surface area contributed by atoms with E-state index >= 15 is 0 Å². The van der Waals surface area contributed by atoms with Crippen molar-refractivity contribution in [2.75, 3.05) is 0 Å². The first-order chi connectivity index (χ1) is 10.9. The quantitative estimate of drug-likeness (QED) is 0.593. The molecule has 0 amide bonds. The summed E-state index contributed by atoms with van der Waals surface area (Å²) in [6, 6.07) is 17.1. The topological polar surface area (TPSA) is 17.8 Å². The van der Waals surface area contributed by atoms with E-state index in [1.54, 1.807) is 0 Å². The van der Waals surface area contributed by atoms with Crippen LogP contribution in [0.3, 0.4) is 0 Å². The SMILES string of the molecule is CCCCC(Cc1ccccn1)Cn1ccc2ccccc21. The first-order valence-corrected chi connectivity index (χ1v) is 8.30.